The van der Waals surface area contributed by atoms with Crippen LogP contribution in [0.25, 0.3) is 0 Å². The van der Waals surface area contributed by atoms with Gasteiger partial charge in [-0.15, -0.1) is 0 Å². The molecule has 2 heterocycles. The first-order valence-electron chi connectivity index (χ1n) is 7.87. The number of carbonyl (C=O) groups is 3. The smallest absolute Gasteiger partial charge is 0.302 e. The number of fused-ring (bicyclic) bond motifs is 2. The number of nitrogens with zero attached hydrogens (tertiary/aromatic N) is 1. The van der Waals surface area contributed by atoms with Crippen molar-refractivity contribution in [3.05, 3.63) is 12.2 Å². The third-order valence-corrected chi connectivity index (χ3v) is 4.15. The Morgan fingerprint density at radius 2 is 1.73 bits per heavy atom. The SMILES string of the molecule is CC.CC(=O)OC/C=C\CN1C(=O)C2CC3OC3CC2C1=O. The molecule has 2 saturated heterocycles. The minimum absolute atomic E-state index is 0.0916. The highest BCUT2D eigenvalue weighted by Crippen LogP contribution is 2.46. The molecule has 3 aliphatic rings. The molecular formula is C16H23NO5. The molecule has 0 spiro atoms. The second-order valence-electron chi connectivity index (χ2n) is 5.46. The van der Waals surface area contributed by atoms with Gasteiger partial charge in [0.15, 0.2) is 0 Å². The van der Waals surface area contributed by atoms with E-state index in [1.165, 1.54) is 11.8 Å². The summed E-state index contributed by atoms with van der Waals surface area (Å²) in [6.07, 6.45) is 5.05. The van der Waals surface area contributed by atoms with E-state index in [9.17, 15) is 14.4 Å². The summed E-state index contributed by atoms with van der Waals surface area (Å²) in [7, 11) is 0. The van der Waals surface area contributed by atoms with Crippen LogP contribution in [0, 0.1) is 11.8 Å². The van der Waals surface area contributed by atoms with Crippen LogP contribution in [0.1, 0.15) is 33.6 Å². The van der Waals surface area contributed by atoms with Gasteiger partial charge in [-0.1, -0.05) is 19.9 Å². The van der Waals surface area contributed by atoms with Crippen molar-refractivity contribution in [2.24, 2.45) is 11.8 Å². The Morgan fingerprint density at radius 1 is 1.18 bits per heavy atom. The van der Waals surface area contributed by atoms with Crippen LogP contribution >= 0.6 is 0 Å². The fourth-order valence-electron chi connectivity index (χ4n) is 3.07. The molecule has 1 aliphatic carbocycles. The highest BCUT2D eigenvalue weighted by Gasteiger charge is 2.57. The van der Waals surface area contributed by atoms with Gasteiger partial charge in [0.05, 0.1) is 24.0 Å². The Balaban J connectivity index is 0.000000847. The normalized spacial score (nSPS) is 32.2. The molecule has 2 amide bonds. The van der Waals surface area contributed by atoms with Crippen LogP contribution in [-0.4, -0.2) is 48.0 Å². The molecule has 0 aromatic rings. The third-order valence-electron chi connectivity index (χ3n) is 4.15. The molecular weight excluding hydrogens is 286 g/mol. The van der Waals surface area contributed by atoms with Crippen LogP contribution in [-0.2, 0) is 23.9 Å². The molecule has 6 nitrogen and oxygen atoms in total. The van der Waals surface area contributed by atoms with Gasteiger partial charge in [-0.25, -0.2) is 0 Å². The quantitative estimate of drug-likeness (QED) is 0.338. The van der Waals surface area contributed by atoms with Crippen LogP contribution in [0.2, 0.25) is 0 Å². The summed E-state index contributed by atoms with van der Waals surface area (Å²) < 4.78 is 10.1. The Morgan fingerprint density at radius 3 is 2.23 bits per heavy atom. The van der Waals surface area contributed by atoms with Crippen molar-refractivity contribution in [1.82, 2.24) is 4.90 Å². The van der Waals surface area contributed by atoms with Gasteiger partial charge < -0.3 is 9.47 Å². The molecule has 0 radical (unpaired) electrons. The van der Waals surface area contributed by atoms with Crippen molar-refractivity contribution in [3.8, 4) is 0 Å². The first-order valence-corrected chi connectivity index (χ1v) is 7.87. The standard InChI is InChI=1S/C14H17NO5.C2H6/c1-8(16)19-5-3-2-4-15-13(17)9-6-11-12(20-11)7-10(9)14(15)18;1-2/h2-3,9-12H,4-7H2,1H3;1-2H3/b3-2-;. The number of carbonyl (C=O) groups excluding carboxylic acids is 3. The number of likely N-dealkylation sites (tertiary alicyclic amines) is 1. The van der Waals surface area contributed by atoms with Crippen molar-refractivity contribution in [2.45, 2.75) is 45.8 Å². The van der Waals surface area contributed by atoms with E-state index in [-0.39, 0.29) is 55.0 Å². The van der Waals surface area contributed by atoms with Crippen molar-refractivity contribution < 1.29 is 23.9 Å². The summed E-state index contributed by atoms with van der Waals surface area (Å²) in [4.78, 5) is 36.3. The maximum Gasteiger partial charge on any atom is 0.302 e. The van der Waals surface area contributed by atoms with Gasteiger partial charge in [-0.2, -0.15) is 0 Å². The van der Waals surface area contributed by atoms with Gasteiger partial charge >= 0.3 is 5.97 Å². The largest absolute Gasteiger partial charge is 0.462 e. The molecule has 0 bridgehead atoms. The molecule has 122 valence electrons. The van der Waals surface area contributed by atoms with Crippen molar-refractivity contribution >= 4 is 17.8 Å². The van der Waals surface area contributed by atoms with E-state index < -0.39 is 0 Å². The predicted molar refractivity (Wildman–Crippen MR) is 78.7 cm³/mol. The average molecular weight is 309 g/mol. The first-order chi connectivity index (χ1) is 10.6. The number of ether oxygens (including phenoxy) is 2. The number of hydrogen-bond donors (Lipinski definition) is 0. The minimum Gasteiger partial charge on any atom is -0.462 e. The second-order valence-corrected chi connectivity index (χ2v) is 5.46. The first kappa shape index (κ1) is 16.7. The fraction of sp³-hybridized carbons (Fsp3) is 0.688. The minimum atomic E-state index is -0.353. The van der Waals surface area contributed by atoms with Crippen molar-refractivity contribution in [1.29, 1.82) is 0 Å². The topological polar surface area (TPSA) is 76.2 Å². The molecule has 4 atom stereocenters. The molecule has 1 saturated carbocycles. The summed E-state index contributed by atoms with van der Waals surface area (Å²) in [5.41, 5.74) is 0. The zero-order valence-corrected chi connectivity index (χ0v) is 13.3. The van der Waals surface area contributed by atoms with E-state index >= 15 is 0 Å². The number of epoxide rings is 1. The van der Waals surface area contributed by atoms with E-state index in [4.69, 9.17) is 9.47 Å². The lowest BCUT2D eigenvalue weighted by Gasteiger charge is -2.16. The number of imide groups is 1. The second kappa shape index (κ2) is 7.05. The zero-order chi connectivity index (χ0) is 16.3. The molecule has 2 aliphatic heterocycles. The summed E-state index contributed by atoms with van der Waals surface area (Å²) in [5, 5.41) is 0. The van der Waals surface area contributed by atoms with Crippen LogP contribution < -0.4 is 0 Å². The van der Waals surface area contributed by atoms with E-state index in [1.54, 1.807) is 12.2 Å². The Hall–Kier alpha value is -1.69. The third kappa shape index (κ3) is 3.38. The van der Waals surface area contributed by atoms with Gasteiger partial charge in [0.1, 0.15) is 6.61 Å². The number of hydrogen-bond acceptors (Lipinski definition) is 5. The predicted octanol–water partition coefficient (Wildman–Crippen LogP) is 1.29. The Labute approximate surface area is 130 Å². The monoisotopic (exact) mass is 309 g/mol. The van der Waals surface area contributed by atoms with Gasteiger partial charge in [0.25, 0.3) is 0 Å². The molecule has 0 aromatic heterocycles. The average Bonchev–Trinajstić information content (AvgIpc) is 3.24. The van der Waals surface area contributed by atoms with E-state index in [2.05, 4.69) is 0 Å². The van der Waals surface area contributed by atoms with Crippen molar-refractivity contribution in [2.75, 3.05) is 13.2 Å². The number of esters is 1. The summed E-state index contributed by atoms with van der Waals surface area (Å²) in [5.74, 6) is -0.938. The van der Waals surface area contributed by atoms with Crippen LogP contribution in [0.5, 0.6) is 0 Å². The highest BCUT2D eigenvalue weighted by atomic mass is 16.6. The molecule has 6 heteroatoms. The molecule has 3 rings (SSSR count). The van der Waals surface area contributed by atoms with E-state index in [0.29, 0.717) is 12.8 Å². The highest BCUT2D eigenvalue weighted by molar-refractivity contribution is 6.05. The lowest BCUT2D eigenvalue weighted by molar-refractivity contribution is -0.141. The summed E-state index contributed by atoms with van der Waals surface area (Å²) >= 11 is 0. The van der Waals surface area contributed by atoms with Gasteiger partial charge in [-0.05, 0) is 18.9 Å². The Kier molecular flexibility index (Phi) is 5.34. The molecule has 3 fully saturated rings. The van der Waals surface area contributed by atoms with Gasteiger partial charge in [-0.3, -0.25) is 19.3 Å². The maximum absolute atomic E-state index is 12.2. The molecule has 22 heavy (non-hydrogen) atoms. The van der Waals surface area contributed by atoms with Crippen LogP contribution in [0.4, 0.5) is 0 Å². The molecule has 0 aromatic carbocycles. The lowest BCUT2D eigenvalue weighted by atomic mass is 9.81. The Bertz CT molecular complexity index is 459. The maximum atomic E-state index is 12.2. The van der Waals surface area contributed by atoms with Gasteiger partial charge in [0.2, 0.25) is 11.8 Å². The number of rotatable bonds is 4. The van der Waals surface area contributed by atoms with Gasteiger partial charge in [0, 0.05) is 13.5 Å². The fourth-order valence-corrected chi connectivity index (χ4v) is 3.07. The molecule has 4 unspecified atom stereocenters. The zero-order valence-electron chi connectivity index (χ0n) is 13.3. The molecule has 0 N–H and O–H groups in total. The van der Waals surface area contributed by atoms with E-state index in [0.717, 1.165) is 0 Å². The number of amides is 2. The van der Waals surface area contributed by atoms with E-state index in [1.807, 2.05) is 13.8 Å². The summed E-state index contributed by atoms with van der Waals surface area (Å²) in [6, 6.07) is 0. The van der Waals surface area contributed by atoms with Crippen molar-refractivity contribution in [3.63, 3.8) is 0 Å². The van der Waals surface area contributed by atoms with Crippen LogP contribution in [0.15, 0.2) is 12.2 Å². The summed E-state index contributed by atoms with van der Waals surface area (Å²) in [6.45, 7) is 5.75. The lowest BCUT2D eigenvalue weighted by Crippen LogP contribution is -2.31. The van der Waals surface area contributed by atoms with Crippen LogP contribution in [0.3, 0.4) is 0 Å².